The Morgan fingerprint density at radius 3 is 2.86 bits per heavy atom. The van der Waals surface area contributed by atoms with Crippen LogP contribution < -0.4 is 0 Å². The number of thiazole rings is 1. The third-order valence-electron chi connectivity index (χ3n) is 1.62. The van der Waals surface area contributed by atoms with Crippen molar-refractivity contribution in [1.82, 2.24) is 4.98 Å². The van der Waals surface area contributed by atoms with Gasteiger partial charge in [-0.3, -0.25) is 4.79 Å². The van der Waals surface area contributed by atoms with Crippen LogP contribution in [0, 0.1) is 6.92 Å². The summed E-state index contributed by atoms with van der Waals surface area (Å²) in [5, 5.41) is 3.52. The first-order valence-electron chi connectivity index (χ1n) is 4.62. The average Bonchev–Trinajstić information content (AvgIpc) is 2.48. The number of aromatic nitrogens is 1. The number of Topliss-reactive ketones (excluding diaryl/α,β-unsaturated/α-hetero) is 1. The van der Waals surface area contributed by atoms with Crippen molar-refractivity contribution < 1.29 is 4.79 Å². The van der Waals surface area contributed by atoms with Gasteiger partial charge in [0.2, 0.25) is 0 Å². The van der Waals surface area contributed by atoms with Crippen LogP contribution in [0.3, 0.4) is 0 Å². The minimum Gasteiger partial charge on any atom is -0.298 e. The maximum atomic E-state index is 11.5. The molecule has 0 aliphatic heterocycles. The Kier molecular flexibility index (Phi) is 4.62. The molecule has 0 radical (unpaired) electrons. The van der Waals surface area contributed by atoms with Crippen LogP contribution in [0.5, 0.6) is 0 Å². The van der Waals surface area contributed by atoms with Crippen LogP contribution in [-0.4, -0.2) is 21.8 Å². The van der Waals surface area contributed by atoms with E-state index >= 15 is 0 Å². The van der Waals surface area contributed by atoms with E-state index in [2.05, 4.69) is 18.8 Å². The molecule has 1 heterocycles. The number of carbonyl (C=O) groups excluding carboxylic acids is 1. The topological polar surface area (TPSA) is 30.0 Å². The molecular weight excluding hydrogens is 214 g/mol. The first-order chi connectivity index (χ1) is 6.58. The lowest BCUT2D eigenvalue weighted by molar-refractivity contribution is -0.116. The van der Waals surface area contributed by atoms with Gasteiger partial charge >= 0.3 is 0 Å². The van der Waals surface area contributed by atoms with Crippen LogP contribution in [0.1, 0.15) is 24.5 Å². The minimum atomic E-state index is 0.272. The first kappa shape index (κ1) is 11.7. The fourth-order valence-corrected chi connectivity index (χ4v) is 2.24. The molecule has 2 nitrogen and oxygen atoms in total. The molecule has 4 heteroatoms. The minimum absolute atomic E-state index is 0.272. The monoisotopic (exact) mass is 229 g/mol. The van der Waals surface area contributed by atoms with Crippen LogP contribution in [0.25, 0.3) is 0 Å². The van der Waals surface area contributed by atoms with Gasteiger partial charge in [-0.25, -0.2) is 4.98 Å². The lowest BCUT2D eigenvalue weighted by Gasteiger charge is -2.02. The number of carbonyl (C=O) groups is 1. The zero-order valence-electron chi connectivity index (χ0n) is 8.74. The van der Waals surface area contributed by atoms with Crippen molar-refractivity contribution in [2.24, 2.45) is 0 Å². The second-order valence-electron chi connectivity index (χ2n) is 3.43. The van der Waals surface area contributed by atoms with Crippen molar-refractivity contribution in [3.63, 3.8) is 0 Å². The lowest BCUT2D eigenvalue weighted by Crippen LogP contribution is -2.07. The number of hydrogen-bond donors (Lipinski definition) is 0. The van der Waals surface area contributed by atoms with Crippen LogP contribution in [-0.2, 0) is 11.2 Å². The summed E-state index contributed by atoms with van der Waals surface area (Å²) >= 11 is 3.29. The molecule has 0 atom stereocenters. The van der Waals surface area contributed by atoms with Crippen molar-refractivity contribution in [3.05, 3.63) is 16.1 Å². The van der Waals surface area contributed by atoms with Crippen molar-refractivity contribution in [2.75, 3.05) is 5.75 Å². The molecule has 1 aromatic rings. The summed E-state index contributed by atoms with van der Waals surface area (Å²) in [6, 6.07) is 0. The van der Waals surface area contributed by atoms with Gasteiger partial charge in [0, 0.05) is 5.38 Å². The summed E-state index contributed by atoms with van der Waals surface area (Å²) in [5.74, 6) is 0.878. The van der Waals surface area contributed by atoms with E-state index in [1.165, 1.54) is 0 Å². The van der Waals surface area contributed by atoms with Gasteiger partial charge in [-0.15, -0.1) is 11.3 Å². The van der Waals surface area contributed by atoms with Crippen molar-refractivity contribution >= 4 is 28.9 Å². The van der Waals surface area contributed by atoms with Crippen LogP contribution in [0.2, 0.25) is 0 Å². The number of nitrogens with zero attached hydrogens (tertiary/aromatic N) is 1. The van der Waals surface area contributed by atoms with E-state index < -0.39 is 0 Å². The Morgan fingerprint density at radius 2 is 2.36 bits per heavy atom. The van der Waals surface area contributed by atoms with Crippen molar-refractivity contribution in [3.8, 4) is 0 Å². The molecule has 0 bridgehead atoms. The molecule has 78 valence electrons. The molecule has 0 saturated carbocycles. The van der Waals surface area contributed by atoms with Crippen molar-refractivity contribution in [1.29, 1.82) is 0 Å². The Bertz CT molecular complexity index is 307. The number of thioether (sulfide) groups is 1. The summed E-state index contributed by atoms with van der Waals surface area (Å²) < 4.78 is 0. The summed E-state index contributed by atoms with van der Waals surface area (Å²) in [7, 11) is 0. The number of aryl methyl sites for hydroxylation is 1. The number of hydrogen-bond acceptors (Lipinski definition) is 4. The predicted molar refractivity (Wildman–Crippen MR) is 63.2 cm³/mol. The Labute approximate surface area is 93.1 Å². The molecule has 14 heavy (non-hydrogen) atoms. The van der Waals surface area contributed by atoms with E-state index in [1.54, 1.807) is 23.1 Å². The Hall–Kier alpha value is -0.350. The summed E-state index contributed by atoms with van der Waals surface area (Å²) in [6.07, 6.45) is 0.490. The highest BCUT2D eigenvalue weighted by Gasteiger charge is 2.07. The largest absolute Gasteiger partial charge is 0.298 e. The third kappa shape index (κ3) is 4.24. The van der Waals surface area contributed by atoms with E-state index in [-0.39, 0.29) is 5.78 Å². The second kappa shape index (κ2) is 5.51. The molecule has 0 aliphatic rings. The highest BCUT2D eigenvalue weighted by molar-refractivity contribution is 8.00. The molecule has 0 saturated heterocycles. The van der Waals surface area contributed by atoms with Gasteiger partial charge in [-0.05, 0) is 12.2 Å². The number of rotatable bonds is 5. The molecule has 1 rings (SSSR count). The highest BCUT2D eigenvalue weighted by atomic mass is 32.2. The normalized spacial score (nSPS) is 10.9. The Balaban J connectivity index is 2.34. The maximum Gasteiger partial charge on any atom is 0.148 e. The molecule has 1 aromatic heterocycles. The van der Waals surface area contributed by atoms with E-state index in [4.69, 9.17) is 0 Å². The van der Waals surface area contributed by atoms with Crippen LogP contribution >= 0.6 is 23.1 Å². The molecule has 0 fully saturated rings. The van der Waals surface area contributed by atoms with Gasteiger partial charge in [0.15, 0.2) is 0 Å². The number of ketones is 1. The summed E-state index contributed by atoms with van der Waals surface area (Å²) in [5.41, 5.74) is 0.918. The third-order valence-corrected chi connectivity index (χ3v) is 3.60. The highest BCUT2D eigenvalue weighted by Crippen LogP contribution is 2.12. The lowest BCUT2D eigenvalue weighted by atomic mass is 10.2. The summed E-state index contributed by atoms with van der Waals surface area (Å²) in [4.78, 5) is 15.7. The van der Waals surface area contributed by atoms with Gasteiger partial charge in [0.25, 0.3) is 0 Å². The van der Waals surface area contributed by atoms with E-state index in [9.17, 15) is 4.79 Å². The molecule has 0 amide bonds. The smallest absolute Gasteiger partial charge is 0.148 e. The molecule has 0 unspecified atom stereocenters. The molecule has 0 aliphatic carbocycles. The Morgan fingerprint density at radius 1 is 1.64 bits per heavy atom. The van der Waals surface area contributed by atoms with E-state index in [0.717, 1.165) is 10.7 Å². The van der Waals surface area contributed by atoms with Crippen molar-refractivity contribution in [2.45, 2.75) is 32.4 Å². The van der Waals surface area contributed by atoms with Crippen LogP contribution in [0.15, 0.2) is 5.38 Å². The van der Waals surface area contributed by atoms with Gasteiger partial charge in [-0.1, -0.05) is 13.8 Å². The van der Waals surface area contributed by atoms with E-state index in [0.29, 0.717) is 17.4 Å². The van der Waals surface area contributed by atoms with E-state index in [1.807, 2.05) is 12.3 Å². The predicted octanol–water partition coefficient (Wildman–Crippen LogP) is 2.70. The standard InChI is InChI=1S/C10H15NOS2/c1-7(2)13-6-10(12)4-9-5-14-8(3)11-9/h5,7H,4,6H2,1-3H3. The first-order valence-corrected chi connectivity index (χ1v) is 6.55. The van der Waals surface area contributed by atoms with Gasteiger partial charge in [0.1, 0.15) is 5.78 Å². The molecule has 0 N–H and O–H groups in total. The fraction of sp³-hybridized carbons (Fsp3) is 0.600. The zero-order valence-corrected chi connectivity index (χ0v) is 10.4. The molecule has 0 aromatic carbocycles. The zero-order chi connectivity index (χ0) is 10.6. The summed E-state index contributed by atoms with van der Waals surface area (Å²) in [6.45, 7) is 6.16. The van der Waals surface area contributed by atoms with Crippen LogP contribution in [0.4, 0.5) is 0 Å². The maximum absolute atomic E-state index is 11.5. The van der Waals surface area contributed by atoms with Gasteiger partial charge < -0.3 is 0 Å². The molecule has 0 spiro atoms. The average molecular weight is 229 g/mol. The second-order valence-corrected chi connectivity index (χ2v) is 6.06. The van der Waals surface area contributed by atoms with Gasteiger partial charge in [0.05, 0.1) is 22.9 Å². The quantitative estimate of drug-likeness (QED) is 0.777. The molecular formula is C10H15NOS2. The van der Waals surface area contributed by atoms with Gasteiger partial charge in [-0.2, -0.15) is 11.8 Å². The fourth-order valence-electron chi connectivity index (χ4n) is 1.00. The SMILES string of the molecule is Cc1nc(CC(=O)CSC(C)C)cs1.